The monoisotopic (exact) mass is 464 g/mol. The zero-order valence-corrected chi connectivity index (χ0v) is 16.1. The van der Waals surface area contributed by atoms with E-state index in [1.165, 1.54) is 24.3 Å². The van der Waals surface area contributed by atoms with E-state index in [0.29, 0.717) is 12.4 Å². The van der Waals surface area contributed by atoms with E-state index < -0.39 is 20.8 Å². The first-order valence-electron chi connectivity index (χ1n) is 7.42. The van der Waals surface area contributed by atoms with Crippen LogP contribution in [-0.2, 0) is 10.1 Å². The molecule has 2 aromatic rings. The van der Waals surface area contributed by atoms with Crippen LogP contribution in [-0.4, -0.2) is 19.5 Å². The molecule has 7 heteroatoms. The van der Waals surface area contributed by atoms with Crippen molar-refractivity contribution >= 4 is 32.7 Å². The molecule has 0 amide bonds. The smallest absolute Gasteiger partial charge is 0.342 e. The highest BCUT2D eigenvalue weighted by Crippen LogP contribution is 2.26. The Labute approximate surface area is 155 Å². The molecule has 2 rings (SSSR count). The summed E-state index contributed by atoms with van der Waals surface area (Å²) < 4.78 is 49.9. The number of halogens is 2. The molecule has 0 saturated carbocycles. The fourth-order valence-corrected chi connectivity index (χ4v) is 3.58. The zero-order valence-electron chi connectivity index (χ0n) is 13.2. The van der Waals surface area contributed by atoms with Gasteiger partial charge in [0.15, 0.2) is 0 Å². The first kappa shape index (κ1) is 19.0. The number of benzene rings is 2. The van der Waals surface area contributed by atoms with E-state index in [-0.39, 0.29) is 5.75 Å². The summed E-state index contributed by atoms with van der Waals surface area (Å²) >= 11 is 2.30. The molecule has 0 aromatic heterocycles. The zero-order chi connectivity index (χ0) is 17.6. The second-order valence-electron chi connectivity index (χ2n) is 5.19. The van der Waals surface area contributed by atoms with Gasteiger partial charge >= 0.3 is 10.1 Å². The Kier molecular flexibility index (Phi) is 6.85. The predicted molar refractivity (Wildman–Crippen MR) is 99.0 cm³/mol. The number of alkyl halides is 1. The molecule has 0 N–H and O–H groups in total. The highest BCUT2D eigenvalue weighted by Gasteiger charge is 2.21. The lowest BCUT2D eigenvalue weighted by Crippen LogP contribution is -2.11. The molecule has 24 heavy (non-hydrogen) atoms. The van der Waals surface area contributed by atoms with Gasteiger partial charge in [0.05, 0.1) is 6.61 Å². The van der Waals surface area contributed by atoms with Crippen molar-refractivity contribution in [2.24, 2.45) is 0 Å². The Morgan fingerprint density at radius 1 is 1.08 bits per heavy atom. The van der Waals surface area contributed by atoms with Crippen molar-refractivity contribution in [3.8, 4) is 11.5 Å². The summed E-state index contributed by atoms with van der Waals surface area (Å²) in [5.74, 6) is -0.218. The van der Waals surface area contributed by atoms with E-state index in [4.69, 9.17) is 8.92 Å². The normalized spacial score (nSPS) is 11.3. The fourth-order valence-electron chi connectivity index (χ4n) is 2.05. The van der Waals surface area contributed by atoms with Crippen molar-refractivity contribution < 1.29 is 21.7 Å². The van der Waals surface area contributed by atoms with E-state index in [1.54, 1.807) is 19.1 Å². The van der Waals surface area contributed by atoms with Crippen LogP contribution in [0.15, 0.2) is 47.4 Å². The van der Waals surface area contributed by atoms with E-state index in [1.807, 2.05) is 0 Å². The minimum Gasteiger partial charge on any atom is -0.493 e. The van der Waals surface area contributed by atoms with Crippen molar-refractivity contribution in [1.29, 1.82) is 0 Å². The molecule has 130 valence electrons. The Hall–Kier alpha value is -1.35. The number of rotatable bonds is 8. The molecule has 0 unspecified atom stereocenters. The maximum absolute atomic E-state index is 13.7. The lowest BCUT2D eigenvalue weighted by molar-refractivity contribution is 0.309. The van der Waals surface area contributed by atoms with Crippen molar-refractivity contribution in [3.05, 3.63) is 53.8 Å². The Bertz CT molecular complexity index is 793. The maximum atomic E-state index is 13.7. The molecule has 0 aliphatic rings. The summed E-state index contributed by atoms with van der Waals surface area (Å²) in [5, 5.41) is 0. The third kappa shape index (κ3) is 5.34. The first-order chi connectivity index (χ1) is 11.4. The summed E-state index contributed by atoms with van der Waals surface area (Å²) in [4.78, 5) is -0.490. The van der Waals surface area contributed by atoms with Gasteiger partial charge in [0.1, 0.15) is 22.2 Å². The van der Waals surface area contributed by atoms with Crippen LogP contribution >= 0.6 is 22.6 Å². The van der Waals surface area contributed by atoms with Gasteiger partial charge in [-0.15, -0.1) is 0 Å². The predicted octanol–water partition coefficient (Wildman–Crippen LogP) is 4.50. The van der Waals surface area contributed by atoms with E-state index >= 15 is 0 Å². The second kappa shape index (κ2) is 8.66. The summed E-state index contributed by atoms with van der Waals surface area (Å²) in [6.45, 7) is 2.35. The molecular weight excluding hydrogens is 446 g/mol. The number of hydrogen-bond donors (Lipinski definition) is 0. The average Bonchev–Trinajstić information content (AvgIpc) is 2.51. The van der Waals surface area contributed by atoms with Crippen molar-refractivity contribution in [2.75, 3.05) is 11.0 Å². The Balaban J connectivity index is 2.17. The lowest BCUT2D eigenvalue weighted by Gasteiger charge is -2.11. The molecule has 0 fully saturated rings. The third-order valence-electron chi connectivity index (χ3n) is 3.13. The minimum atomic E-state index is -4.24. The van der Waals surface area contributed by atoms with Gasteiger partial charge < -0.3 is 8.92 Å². The minimum absolute atomic E-state index is 0.0992. The topological polar surface area (TPSA) is 52.6 Å². The number of ether oxygens (including phenoxy) is 1. The molecule has 0 aliphatic carbocycles. The van der Waals surface area contributed by atoms with Crippen LogP contribution in [0.4, 0.5) is 4.39 Å². The van der Waals surface area contributed by atoms with E-state index in [0.717, 1.165) is 28.9 Å². The van der Waals surface area contributed by atoms with Gasteiger partial charge in [-0.2, -0.15) is 8.42 Å². The van der Waals surface area contributed by atoms with Gasteiger partial charge in [-0.3, -0.25) is 0 Å². The van der Waals surface area contributed by atoms with Gasteiger partial charge in [0.25, 0.3) is 0 Å². The van der Waals surface area contributed by atoms with Crippen LogP contribution in [0.1, 0.15) is 18.4 Å². The molecule has 0 spiro atoms. The summed E-state index contributed by atoms with van der Waals surface area (Å²) in [6.07, 6.45) is 1.97. The number of hydrogen-bond acceptors (Lipinski definition) is 4. The van der Waals surface area contributed by atoms with Crippen molar-refractivity contribution in [1.82, 2.24) is 0 Å². The molecule has 0 atom stereocenters. The quantitative estimate of drug-likeness (QED) is 0.250. The summed E-state index contributed by atoms with van der Waals surface area (Å²) in [5.41, 5.74) is 0.792. The van der Waals surface area contributed by atoms with Crippen LogP contribution in [0, 0.1) is 12.7 Å². The van der Waals surface area contributed by atoms with Gasteiger partial charge in [0, 0.05) is 6.07 Å². The van der Waals surface area contributed by atoms with Crippen LogP contribution in [0.3, 0.4) is 0 Å². The highest BCUT2D eigenvalue weighted by atomic mass is 127. The SMILES string of the molecule is Cc1cc(OCCCCI)cc(OS(=O)(=O)c2ccccc2F)c1. The molecule has 0 bridgehead atoms. The van der Waals surface area contributed by atoms with Crippen LogP contribution < -0.4 is 8.92 Å². The fraction of sp³-hybridized carbons (Fsp3) is 0.294. The summed E-state index contributed by atoms with van der Waals surface area (Å²) in [6, 6.07) is 9.97. The highest BCUT2D eigenvalue weighted by molar-refractivity contribution is 14.1. The van der Waals surface area contributed by atoms with Gasteiger partial charge in [0.2, 0.25) is 0 Å². The molecular formula is C17H18FIO4S. The lowest BCUT2D eigenvalue weighted by atomic mass is 10.2. The molecule has 4 nitrogen and oxygen atoms in total. The van der Waals surface area contributed by atoms with Gasteiger partial charge in [-0.25, -0.2) is 4.39 Å². The van der Waals surface area contributed by atoms with E-state index in [2.05, 4.69) is 22.6 Å². The van der Waals surface area contributed by atoms with Crippen LogP contribution in [0.5, 0.6) is 11.5 Å². The van der Waals surface area contributed by atoms with Crippen LogP contribution in [0.2, 0.25) is 0 Å². The van der Waals surface area contributed by atoms with Gasteiger partial charge in [-0.05, 0) is 54.0 Å². The second-order valence-corrected chi connectivity index (χ2v) is 7.79. The number of unbranched alkanes of at least 4 members (excludes halogenated alkanes) is 1. The Morgan fingerprint density at radius 3 is 2.50 bits per heavy atom. The van der Waals surface area contributed by atoms with Gasteiger partial charge in [-0.1, -0.05) is 34.7 Å². The number of aryl methyl sites for hydroxylation is 1. The molecule has 0 aliphatic heterocycles. The summed E-state index contributed by atoms with van der Waals surface area (Å²) in [7, 11) is -4.24. The van der Waals surface area contributed by atoms with Crippen LogP contribution in [0.25, 0.3) is 0 Å². The standard InChI is InChI=1S/C17H18FIO4S/c1-13-10-14(22-9-5-4-8-19)12-15(11-13)23-24(20,21)17-7-3-2-6-16(17)18/h2-3,6-7,10-12H,4-5,8-9H2,1H3. The maximum Gasteiger partial charge on any atom is 0.342 e. The van der Waals surface area contributed by atoms with Crippen molar-refractivity contribution in [2.45, 2.75) is 24.7 Å². The molecule has 2 aromatic carbocycles. The average molecular weight is 464 g/mol. The van der Waals surface area contributed by atoms with E-state index in [9.17, 15) is 12.8 Å². The molecule has 0 radical (unpaired) electrons. The third-order valence-corrected chi connectivity index (χ3v) is 5.18. The molecule has 0 saturated heterocycles. The first-order valence-corrected chi connectivity index (χ1v) is 10.4. The van der Waals surface area contributed by atoms with Crippen molar-refractivity contribution in [3.63, 3.8) is 0 Å². The molecule has 0 heterocycles. The Morgan fingerprint density at radius 2 is 1.79 bits per heavy atom. The largest absolute Gasteiger partial charge is 0.493 e.